The first kappa shape index (κ1) is 17.3. The number of hydrogen-bond acceptors (Lipinski definition) is 2. The average molecular weight is 314 g/mol. The van der Waals surface area contributed by atoms with Crippen molar-refractivity contribution in [2.45, 2.75) is 45.4 Å². The van der Waals surface area contributed by atoms with Crippen molar-refractivity contribution in [1.29, 1.82) is 0 Å². The van der Waals surface area contributed by atoms with E-state index in [1.807, 2.05) is 31.2 Å². The fraction of sp³-hybridized carbons (Fsp3) is 0.474. The molecule has 1 aromatic rings. The third kappa shape index (κ3) is 6.68. The summed E-state index contributed by atoms with van der Waals surface area (Å²) in [6.07, 6.45) is 8.38. The molecule has 2 amide bonds. The molecule has 0 atom stereocenters. The Morgan fingerprint density at radius 3 is 2.74 bits per heavy atom. The summed E-state index contributed by atoms with van der Waals surface area (Å²) in [5, 5.41) is 5.54. The summed E-state index contributed by atoms with van der Waals surface area (Å²) in [5.74, 6) is -0.250. The lowest BCUT2D eigenvalue weighted by molar-refractivity contribution is -0.125. The van der Waals surface area contributed by atoms with Crippen LogP contribution in [-0.4, -0.2) is 24.9 Å². The number of amides is 2. The van der Waals surface area contributed by atoms with Crippen molar-refractivity contribution in [3.8, 4) is 0 Å². The monoisotopic (exact) mass is 314 g/mol. The van der Waals surface area contributed by atoms with E-state index in [1.54, 1.807) is 0 Å². The lowest BCUT2D eigenvalue weighted by Gasteiger charge is -2.13. The zero-order valence-electron chi connectivity index (χ0n) is 13.9. The summed E-state index contributed by atoms with van der Waals surface area (Å²) in [6.45, 7) is 2.69. The lowest BCUT2D eigenvalue weighted by atomic mass is 9.97. The molecule has 1 aromatic carbocycles. The van der Waals surface area contributed by atoms with Gasteiger partial charge in [-0.05, 0) is 44.6 Å². The third-order valence-electron chi connectivity index (χ3n) is 4.05. The summed E-state index contributed by atoms with van der Waals surface area (Å²) < 4.78 is 0. The number of aryl methyl sites for hydroxylation is 1. The number of carbonyl (C=O) groups excluding carboxylic acids is 2. The second-order valence-electron chi connectivity index (χ2n) is 6.15. The van der Waals surface area contributed by atoms with Crippen molar-refractivity contribution < 1.29 is 9.59 Å². The van der Waals surface area contributed by atoms with E-state index in [0.717, 1.165) is 30.4 Å². The average Bonchev–Trinajstić information content (AvgIpc) is 2.54. The van der Waals surface area contributed by atoms with Crippen LogP contribution >= 0.6 is 0 Å². The van der Waals surface area contributed by atoms with Crippen LogP contribution in [0, 0.1) is 6.92 Å². The first-order valence-electron chi connectivity index (χ1n) is 8.40. The maximum atomic E-state index is 11.8. The summed E-state index contributed by atoms with van der Waals surface area (Å²) >= 11 is 0. The Bertz CT molecular complexity index is 578. The molecule has 0 saturated heterocycles. The highest BCUT2D eigenvalue weighted by Gasteiger charge is 2.08. The van der Waals surface area contributed by atoms with Crippen LogP contribution in [-0.2, 0) is 16.0 Å². The molecule has 0 bridgehead atoms. The van der Waals surface area contributed by atoms with Gasteiger partial charge in [-0.25, -0.2) is 0 Å². The molecule has 4 heteroatoms. The van der Waals surface area contributed by atoms with Crippen molar-refractivity contribution in [2.24, 2.45) is 0 Å². The van der Waals surface area contributed by atoms with Crippen molar-refractivity contribution in [1.82, 2.24) is 10.6 Å². The van der Waals surface area contributed by atoms with E-state index in [2.05, 4.69) is 16.7 Å². The second kappa shape index (κ2) is 9.13. The van der Waals surface area contributed by atoms with E-state index < -0.39 is 0 Å². The molecule has 124 valence electrons. The number of hydrogen-bond donors (Lipinski definition) is 2. The van der Waals surface area contributed by atoms with Crippen LogP contribution in [0.25, 0.3) is 0 Å². The SMILES string of the molecule is Cc1cccc(CC(=O)NCC(=O)NCCC2=CCCCC2)c1. The minimum absolute atomic E-state index is 0.0453. The minimum atomic E-state index is -0.126. The Kier molecular flexibility index (Phi) is 6.85. The fourth-order valence-electron chi connectivity index (χ4n) is 2.81. The number of allylic oxidation sites excluding steroid dienone is 1. The van der Waals surface area contributed by atoms with Crippen LogP contribution in [0.15, 0.2) is 35.9 Å². The van der Waals surface area contributed by atoms with Gasteiger partial charge in [-0.3, -0.25) is 9.59 Å². The zero-order valence-corrected chi connectivity index (χ0v) is 13.9. The largest absolute Gasteiger partial charge is 0.354 e. The predicted octanol–water partition coefficient (Wildman–Crippen LogP) is 2.66. The number of benzene rings is 1. The van der Waals surface area contributed by atoms with Crippen molar-refractivity contribution in [3.63, 3.8) is 0 Å². The number of rotatable bonds is 7. The quantitative estimate of drug-likeness (QED) is 0.760. The molecule has 0 fully saturated rings. The zero-order chi connectivity index (χ0) is 16.5. The summed E-state index contributed by atoms with van der Waals surface area (Å²) in [5.41, 5.74) is 3.54. The molecule has 1 aliphatic carbocycles. The van der Waals surface area contributed by atoms with Crippen LogP contribution in [0.2, 0.25) is 0 Å². The van der Waals surface area contributed by atoms with Crippen LogP contribution in [0.5, 0.6) is 0 Å². The van der Waals surface area contributed by atoms with Crippen LogP contribution in [0.1, 0.15) is 43.2 Å². The first-order valence-corrected chi connectivity index (χ1v) is 8.40. The van der Waals surface area contributed by atoms with E-state index >= 15 is 0 Å². The first-order chi connectivity index (χ1) is 11.1. The van der Waals surface area contributed by atoms with Crippen LogP contribution < -0.4 is 10.6 Å². The lowest BCUT2D eigenvalue weighted by Crippen LogP contribution is -2.38. The van der Waals surface area contributed by atoms with Gasteiger partial charge in [0.15, 0.2) is 0 Å². The number of carbonyl (C=O) groups is 2. The van der Waals surface area contributed by atoms with Crippen LogP contribution in [0.4, 0.5) is 0 Å². The fourth-order valence-corrected chi connectivity index (χ4v) is 2.81. The molecule has 0 aliphatic heterocycles. The van der Waals surface area contributed by atoms with Gasteiger partial charge in [0.1, 0.15) is 0 Å². The van der Waals surface area contributed by atoms with Gasteiger partial charge in [0.05, 0.1) is 13.0 Å². The Hall–Kier alpha value is -2.10. The highest BCUT2D eigenvalue weighted by molar-refractivity contribution is 5.85. The van der Waals surface area contributed by atoms with Gasteiger partial charge < -0.3 is 10.6 Å². The van der Waals surface area contributed by atoms with Crippen molar-refractivity contribution in [2.75, 3.05) is 13.1 Å². The molecule has 0 spiro atoms. The Labute approximate surface area is 138 Å². The van der Waals surface area contributed by atoms with Gasteiger partial charge >= 0.3 is 0 Å². The molecule has 1 aliphatic rings. The highest BCUT2D eigenvalue weighted by atomic mass is 16.2. The molecule has 23 heavy (non-hydrogen) atoms. The Balaban J connectivity index is 1.61. The smallest absolute Gasteiger partial charge is 0.239 e. The topological polar surface area (TPSA) is 58.2 Å². The standard InChI is InChI=1S/C19H26N2O2/c1-15-6-5-9-17(12-15)13-18(22)21-14-19(23)20-11-10-16-7-3-2-4-8-16/h5-7,9,12H,2-4,8,10-11,13-14H2,1H3,(H,20,23)(H,21,22). The van der Waals surface area contributed by atoms with E-state index in [0.29, 0.717) is 13.0 Å². The van der Waals surface area contributed by atoms with Gasteiger partial charge in [-0.15, -0.1) is 0 Å². The van der Waals surface area contributed by atoms with Crippen molar-refractivity contribution >= 4 is 11.8 Å². The molecular weight excluding hydrogens is 288 g/mol. The van der Waals surface area contributed by atoms with Gasteiger partial charge in [-0.1, -0.05) is 41.5 Å². The van der Waals surface area contributed by atoms with E-state index in [1.165, 1.54) is 18.4 Å². The molecular formula is C19H26N2O2. The van der Waals surface area contributed by atoms with E-state index in [9.17, 15) is 9.59 Å². The van der Waals surface area contributed by atoms with Gasteiger partial charge in [0.2, 0.25) is 11.8 Å². The molecule has 0 unspecified atom stereocenters. The second-order valence-corrected chi connectivity index (χ2v) is 6.15. The normalized spacial score (nSPS) is 14.0. The van der Waals surface area contributed by atoms with E-state index in [4.69, 9.17) is 0 Å². The predicted molar refractivity (Wildman–Crippen MR) is 92.1 cm³/mol. The summed E-state index contributed by atoms with van der Waals surface area (Å²) in [4.78, 5) is 23.6. The molecule has 4 nitrogen and oxygen atoms in total. The van der Waals surface area contributed by atoms with Gasteiger partial charge in [0.25, 0.3) is 0 Å². The molecule has 0 aromatic heterocycles. The molecule has 0 radical (unpaired) electrons. The van der Waals surface area contributed by atoms with Gasteiger partial charge in [0, 0.05) is 6.54 Å². The molecule has 0 saturated carbocycles. The molecule has 0 heterocycles. The van der Waals surface area contributed by atoms with Gasteiger partial charge in [-0.2, -0.15) is 0 Å². The minimum Gasteiger partial charge on any atom is -0.354 e. The van der Waals surface area contributed by atoms with Crippen molar-refractivity contribution in [3.05, 3.63) is 47.0 Å². The maximum absolute atomic E-state index is 11.8. The molecule has 2 N–H and O–H groups in total. The summed E-state index contributed by atoms with van der Waals surface area (Å²) in [7, 11) is 0. The third-order valence-corrected chi connectivity index (χ3v) is 4.05. The number of nitrogens with one attached hydrogen (secondary N) is 2. The Morgan fingerprint density at radius 2 is 2.00 bits per heavy atom. The van der Waals surface area contributed by atoms with Crippen LogP contribution in [0.3, 0.4) is 0 Å². The molecule has 2 rings (SSSR count). The maximum Gasteiger partial charge on any atom is 0.239 e. The highest BCUT2D eigenvalue weighted by Crippen LogP contribution is 2.19. The van der Waals surface area contributed by atoms with E-state index in [-0.39, 0.29) is 18.4 Å². The Morgan fingerprint density at radius 1 is 1.13 bits per heavy atom. The summed E-state index contributed by atoms with van der Waals surface area (Å²) in [6, 6.07) is 7.84.